The van der Waals surface area contributed by atoms with Crippen molar-refractivity contribution in [3.05, 3.63) is 17.0 Å². The van der Waals surface area contributed by atoms with Gasteiger partial charge in [0.1, 0.15) is 0 Å². The Morgan fingerprint density at radius 1 is 1.40 bits per heavy atom. The van der Waals surface area contributed by atoms with Crippen LogP contribution in [0.2, 0.25) is 0 Å². The second kappa shape index (κ2) is 6.39. The first-order chi connectivity index (χ1) is 9.65. The predicted molar refractivity (Wildman–Crippen MR) is 80.0 cm³/mol. The van der Waals surface area contributed by atoms with Gasteiger partial charge in [0.2, 0.25) is 0 Å². The molecule has 0 unspecified atom stereocenters. The third kappa shape index (κ3) is 2.59. The zero-order valence-electron chi connectivity index (χ0n) is 13.1. The number of fused-ring (bicyclic) bond motifs is 1. The minimum absolute atomic E-state index is 0.0614. The third-order valence-corrected chi connectivity index (χ3v) is 4.39. The summed E-state index contributed by atoms with van der Waals surface area (Å²) in [5, 5.41) is 7.23. The molecule has 1 atom stereocenters. The Bertz CT molecular complexity index is 476. The van der Waals surface area contributed by atoms with Gasteiger partial charge in [0.15, 0.2) is 5.69 Å². The van der Waals surface area contributed by atoms with Gasteiger partial charge >= 0.3 is 0 Å². The minimum Gasteiger partial charge on any atom is -0.354 e. The summed E-state index contributed by atoms with van der Waals surface area (Å²) in [6.45, 7) is 9.44. The first-order valence-electron chi connectivity index (χ1n) is 7.70. The fourth-order valence-electron chi connectivity index (χ4n) is 3.28. The van der Waals surface area contributed by atoms with Crippen molar-refractivity contribution < 1.29 is 4.79 Å². The van der Waals surface area contributed by atoms with Gasteiger partial charge < -0.3 is 10.2 Å². The quantitative estimate of drug-likeness (QED) is 0.887. The molecule has 0 saturated carbocycles. The van der Waals surface area contributed by atoms with E-state index in [1.165, 1.54) is 5.69 Å². The summed E-state index contributed by atoms with van der Waals surface area (Å²) >= 11 is 0. The van der Waals surface area contributed by atoms with E-state index in [-0.39, 0.29) is 5.91 Å². The van der Waals surface area contributed by atoms with Gasteiger partial charge in [-0.25, -0.2) is 0 Å². The molecule has 1 amide bonds. The average Bonchev–Trinajstić information content (AvgIpc) is 2.86. The van der Waals surface area contributed by atoms with E-state index >= 15 is 0 Å². The topological polar surface area (TPSA) is 50.2 Å². The van der Waals surface area contributed by atoms with Gasteiger partial charge in [-0.05, 0) is 39.3 Å². The van der Waals surface area contributed by atoms with E-state index in [0.29, 0.717) is 11.7 Å². The van der Waals surface area contributed by atoms with Crippen molar-refractivity contribution >= 4 is 5.91 Å². The van der Waals surface area contributed by atoms with Crippen LogP contribution in [0.25, 0.3) is 0 Å². The lowest BCUT2D eigenvalue weighted by molar-refractivity contribution is 0.0955. The molecule has 0 aromatic carbocycles. The Morgan fingerprint density at radius 2 is 2.10 bits per heavy atom. The number of likely N-dealkylation sites (N-methyl/N-ethyl adjacent to an activating group) is 1. The second-order valence-corrected chi connectivity index (χ2v) is 5.29. The Hall–Kier alpha value is -1.36. The van der Waals surface area contributed by atoms with Crippen LogP contribution in [0.5, 0.6) is 0 Å². The molecule has 20 heavy (non-hydrogen) atoms. The van der Waals surface area contributed by atoms with Crippen molar-refractivity contribution in [1.29, 1.82) is 0 Å². The summed E-state index contributed by atoms with van der Waals surface area (Å²) in [6, 6.07) is 0.537. The highest BCUT2D eigenvalue weighted by Crippen LogP contribution is 2.27. The molecule has 0 fully saturated rings. The number of aromatic nitrogens is 2. The van der Waals surface area contributed by atoms with Crippen LogP contribution in [0.3, 0.4) is 0 Å². The summed E-state index contributed by atoms with van der Waals surface area (Å²) in [6.07, 6.45) is 3.13. The van der Waals surface area contributed by atoms with E-state index in [1.54, 1.807) is 7.05 Å². The third-order valence-electron chi connectivity index (χ3n) is 4.39. The van der Waals surface area contributed by atoms with Crippen LogP contribution in [-0.2, 0) is 19.4 Å². The largest absolute Gasteiger partial charge is 0.354 e. The lowest BCUT2D eigenvalue weighted by Crippen LogP contribution is -2.39. The molecule has 0 saturated heterocycles. The van der Waals surface area contributed by atoms with Crippen LogP contribution in [0.15, 0.2) is 0 Å². The smallest absolute Gasteiger partial charge is 0.271 e. The van der Waals surface area contributed by atoms with Crippen LogP contribution in [0, 0.1) is 0 Å². The molecule has 5 heteroatoms. The fraction of sp³-hybridized carbons (Fsp3) is 0.733. The van der Waals surface area contributed by atoms with Crippen LogP contribution in [-0.4, -0.2) is 46.8 Å². The highest BCUT2D eigenvalue weighted by atomic mass is 16.1. The van der Waals surface area contributed by atoms with E-state index in [4.69, 9.17) is 0 Å². The standard InChI is InChI=1S/C15H26N4O/c1-5-18(6-2)11-8-9-13-12(10-11)14(15(20)16-4)17-19(13)7-3/h11H,5-10H2,1-4H3,(H,16,20)/t11-/m0/s1. The van der Waals surface area contributed by atoms with Crippen LogP contribution < -0.4 is 5.32 Å². The zero-order chi connectivity index (χ0) is 14.7. The van der Waals surface area contributed by atoms with Crippen LogP contribution in [0.1, 0.15) is 48.9 Å². The van der Waals surface area contributed by atoms with Crippen molar-refractivity contribution in [3.8, 4) is 0 Å². The maximum atomic E-state index is 12.0. The SMILES string of the molecule is CCN(CC)[C@H]1CCc2c(c(C(=O)NC)nn2CC)C1. The molecule has 0 bridgehead atoms. The van der Waals surface area contributed by atoms with E-state index in [0.717, 1.165) is 44.5 Å². The summed E-state index contributed by atoms with van der Waals surface area (Å²) in [5.41, 5.74) is 3.05. The van der Waals surface area contributed by atoms with Gasteiger partial charge in [-0.15, -0.1) is 0 Å². The van der Waals surface area contributed by atoms with Crippen LogP contribution in [0.4, 0.5) is 0 Å². The molecule has 2 rings (SSSR count). The molecule has 0 radical (unpaired) electrons. The Kier molecular flexibility index (Phi) is 4.81. The summed E-state index contributed by atoms with van der Waals surface area (Å²) < 4.78 is 2.00. The van der Waals surface area contributed by atoms with E-state index in [9.17, 15) is 4.79 Å². The number of amides is 1. The van der Waals surface area contributed by atoms with Gasteiger partial charge in [0, 0.05) is 30.9 Å². The molecule has 112 valence electrons. The average molecular weight is 278 g/mol. The molecular weight excluding hydrogens is 252 g/mol. The van der Waals surface area contributed by atoms with Crippen molar-refractivity contribution in [2.45, 2.75) is 52.6 Å². The van der Waals surface area contributed by atoms with Gasteiger partial charge in [-0.3, -0.25) is 9.48 Å². The lowest BCUT2D eigenvalue weighted by atomic mass is 9.90. The molecular formula is C15H26N4O. The van der Waals surface area contributed by atoms with Crippen molar-refractivity contribution in [2.75, 3.05) is 20.1 Å². The first-order valence-corrected chi connectivity index (χ1v) is 7.70. The van der Waals surface area contributed by atoms with Gasteiger partial charge in [0.05, 0.1) is 0 Å². The van der Waals surface area contributed by atoms with E-state index < -0.39 is 0 Å². The van der Waals surface area contributed by atoms with Crippen molar-refractivity contribution in [3.63, 3.8) is 0 Å². The summed E-state index contributed by atoms with van der Waals surface area (Å²) in [7, 11) is 1.67. The minimum atomic E-state index is -0.0614. The highest BCUT2D eigenvalue weighted by molar-refractivity contribution is 5.93. The van der Waals surface area contributed by atoms with E-state index in [2.05, 4.69) is 36.1 Å². The highest BCUT2D eigenvalue weighted by Gasteiger charge is 2.30. The fourth-order valence-corrected chi connectivity index (χ4v) is 3.28. The molecule has 0 aliphatic heterocycles. The van der Waals surface area contributed by atoms with Crippen molar-refractivity contribution in [2.24, 2.45) is 0 Å². The number of aryl methyl sites for hydroxylation is 1. The summed E-state index contributed by atoms with van der Waals surface area (Å²) in [4.78, 5) is 14.5. The number of carbonyl (C=O) groups is 1. The van der Waals surface area contributed by atoms with Gasteiger partial charge in [0.25, 0.3) is 5.91 Å². The number of carbonyl (C=O) groups excluding carboxylic acids is 1. The molecule has 1 aromatic heterocycles. The number of nitrogens with zero attached hydrogens (tertiary/aromatic N) is 3. The number of hydrogen-bond donors (Lipinski definition) is 1. The molecule has 1 heterocycles. The molecule has 1 aliphatic carbocycles. The molecule has 1 aliphatic rings. The maximum absolute atomic E-state index is 12.0. The molecule has 0 spiro atoms. The maximum Gasteiger partial charge on any atom is 0.271 e. The Balaban J connectivity index is 2.33. The number of hydrogen-bond acceptors (Lipinski definition) is 3. The normalized spacial score (nSPS) is 18.1. The van der Waals surface area contributed by atoms with Gasteiger partial charge in [-0.1, -0.05) is 13.8 Å². The monoisotopic (exact) mass is 278 g/mol. The Labute approximate surface area is 121 Å². The number of rotatable bonds is 5. The zero-order valence-corrected chi connectivity index (χ0v) is 13.1. The van der Waals surface area contributed by atoms with Gasteiger partial charge in [-0.2, -0.15) is 5.10 Å². The molecule has 5 nitrogen and oxygen atoms in total. The molecule has 1 N–H and O–H groups in total. The predicted octanol–water partition coefficient (Wildman–Crippen LogP) is 1.46. The van der Waals surface area contributed by atoms with Crippen molar-refractivity contribution in [1.82, 2.24) is 20.0 Å². The summed E-state index contributed by atoms with van der Waals surface area (Å²) in [5.74, 6) is -0.0614. The van der Waals surface area contributed by atoms with Crippen LogP contribution >= 0.6 is 0 Å². The first kappa shape index (κ1) is 15.0. The Morgan fingerprint density at radius 3 is 2.65 bits per heavy atom. The molecule has 1 aromatic rings. The second-order valence-electron chi connectivity index (χ2n) is 5.29. The van der Waals surface area contributed by atoms with E-state index in [1.807, 2.05) is 4.68 Å². The number of nitrogens with one attached hydrogen (secondary N) is 1. The lowest BCUT2D eigenvalue weighted by Gasteiger charge is -2.33.